The van der Waals surface area contributed by atoms with Crippen LogP contribution in [0.25, 0.3) is 0 Å². The van der Waals surface area contributed by atoms with Crippen LogP contribution in [0.3, 0.4) is 0 Å². The molecular formula is C18H34N2O5. The van der Waals surface area contributed by atoms with E-state index in [4.69, 9.17) is 19.8 Å². The third kappa shape index (κ3) is 9.57. The number of aliphatic carboxylic acids is 2. The van der Waals surface area contributed by atoms with Crippen LogP contribution in [0.2, 0.25) is 0 Å². The zero-order chi connectivity index (χ0) is 19.5. The lowest BCUT2D eigenvalue weighted by Crippen LogP contribution is -2.36. The van der Waals surface area contributed by atoms with Gasteiger partial charge in [-0.25, -0.2) is 0 Å². The first-order valence-electron chi connectivity index (χ1n) is 8.75. The lowest BCUT2D eigenvalue weighted by molar-refractivity contribution is -0.135. The summed E-state index contributed by atoms with van der Waals surface area (Å²) in [4.78, 5) is 20.5. The summed E-state index contributed by atoms with van der Waals surface area (Å²) < 4.78 is 0. The molecule has 0 aliphatic carbocycles. The van der Waals surface area contributed by atoms with E-state index >= 15 is 0 Å². The summed E-state index contributed by atoms with van der Waals surface area (Å²) in [6.45, 7) is 12.4. The zero-order valence-electron chi connectivity index (χ0n) is 15.9. The monoisotopic (exact) mass is 358 g/mol. The van der Waals surface area contributed by atoms with E-state index in [0.29, 0.717) is 12.5 Å². The van der Waals surface area contributed by atoms with Crippen molar-refractivity contribution in [2.75, 3.05) is 39.3 Å². The highest BCUT2D eigenvalue weighted by molar-refractivity contribution is 5.63. The van der Waals surface area contributed by atoms with Gasteiger partial charge in [0.1, 0.15) is 0 Å². The van der Waals surface area contributed by atoms with E-state index in [2.05, 4.69) is 30.1 Å². The van der Waals surface area contributed by atoms with Gasteiger partial charge in [0.15, 0.2) is 0 Å². The molecule has 0 aromatic rings. The molecule has 2 aliphatic rings. The number of carboxylic acids is 2. The number of hydrogen-bond donors (Lipinski definition) is 4. The molecule has 2 fully saturated rings. The molecule has 0 spiro atoms. The van der Waals surface area contributed by atoms with E-state index in [1.54, 1.807) is 0 Å². The number of likely N-dealkylation sites (tertiary alicyclic amines) is 1. The summed E-state index contributed by atoms with van der Waals surface area (Å²) in [6, 6.07) is 0. The third-order valence-electron chi connectivity index (χ3n) is 4.56. The van der Waals surface area contributed by atoms with Crippen molar-refractivity contribution in [2.24, 2.45) is 11.3 Å². The van der Waals surface area contributed by atoms with Crippen LogP contribution < -0.4 is 5.32 Å². The maximum absolute atomic E-state index is 9.62. The summed E-state index contributed by atoms with van der Waals surface area (Å²) >= 11 is 0. The molecule has 2 aliphatic heterocycles. The molecule has 2 saturated heterocycles. The number of carboxylic acid groups (broad SMARTS) is 2. The number of allylic oxidation sites excluding steroid dienone is 1. The molecule has 2 heterocycles. The fourth-order valence-corrected chi connectivity index (χ4v) is 3.16. The van der Waals surface area contributed by atoms with Crippen LogP contribution in [0, 0.1) is 11.3 Å². The molecule has 0 saturated carbocycles. The van der Waals surface area contributed by atoms with Gasteiger partial charge in [0.2, 0.25) is 0 Å². The van der Waals surface area contributed by atoms with Crippen molar-refractivity contribution < 1.29 is 24.9 Å². The van der Waals surface area contributed by atoms with Crippen molar-refractivity contribution in [3.8, 4) is 0 Å². The number of nitrogens with zero attached hydrogens (tertiary/aromatic N) is 1. The van der Waals surface area contributed by atoms with Crippen molar-refractivity contribution in [1.29, 1.82) is 0 Å². The minimum Gasteiger partial charge on any atom is -0.481 e. The minimum atomic E-state index is -0.833. The van der Waals surface area contributed by atoms with E-state index in [-0.39, 0.29) is 5.41 Å². The van der Waals surface area contributed by atoms with Crippen molar-refractivity contribution >= 4 is 11.9 Å². The normalized spacial score (nSPS) is 25.3. The maximum atomic E-state index is 9.62. The summed E-state index contributed by atoms with van der Waals surface area (Å²) in [6.07, 6.45) is 4.67. The van der Waals surface area contributed by atoms with Gasteiger partial charge in [-0.15, -0.1) is 0 Å². The van der Waals surface area contributed by atoms with E-state index in [9.17, 15) is 5.11 Å². The average molecular weight is 358 g/mol. The van der Waals surface area contributed by atoms with Crippen molar-refractivity contribution in [1.82, 2.24) is 10.2 Å². The van der Waals surface area contributed by atoms with E-state index in [1.807, 2.05) is 0 Å². The number of rotatable bonds is 5. The van der Waals surface area contributed by atoms with Crippen LogP contribution in [0.4, 0.5) is 0 Å². The predicted molar refractivity (Wildman–Crippen MR) is 97.6 cm³/mol. The van der Waals surface area contributed by atoms with Crippen molar-refractivity contribution in [3.05, 3.63) is 11.6 Å². The smallest absolute Gasteiger partial charge is 0.300 e. The highest BCUT2D eigenvalue weighted by Gasteiger charge is 2.48. The number of aliphatic hydroxyl groups is 1. The van der Waals surface area contributed by atoms with Gasteiger partial charge >= 0.3 is 0 Å². The summed E-state index contributed by atoms with van der Waals surface area (Å²) in [5.41, 5.74) is 1.65. The topological polar surface area (TPSA) is 110 Å². The van der Waals surface area contributed by atoms with Gasteiger partial charge in [-0.1, -0.05) is 18.6 Å². The molecule has 2 atom stereocenters. The third-order valence-corrected chi connectivity index (χ3v) is 4.56. The second-order valence-electron chi connectivity index (χ2n) is 6.81. The van der Waals surface area contributed by atoms with Gasteiger partial charge in [-0.3, -0.25) is 9.59 Å². The fraction of sp³-hybridized carbons (Fsp3) is 0.778. The first-order chi connectivity index (χ1) is 11.7. The van der Waals surface area contributed by atoms with Gasteiger partial charge in [-0.05, 0) is 32.2 Å². The number of fused-ring (bicyclic) bond motifs is 1. The highest BCUT2D eigenvalue weighted by Crippen LogP contribution is 2.38. The van der Waals surface area contributed by atoms with Crippen LogP contribution in [-0.4, -0.2) is 71.5 Å². The summed E-state index contributed by atoms with van der Waals surface area (Å²) in [5.74, 6) is -1.01. The molecule has 25 heavy (non-hydrogen) atoms. The van der Waals surface area contributed by atoms with E-state index in [1.165, 1.54) is 5.57 Å². The van der Waals surface area contributed by atoms with Crippen molar-refractivity contribution in [2.45, 2.75) is 40.5 Å². The van der Waals surface area contributed by atoms with Gasteiger partial charge in [0.05, 0.1) is 6.61 Å². The molecule has 0 bridgehead atoms. The summed E-state index contributed by atoms with van der Waals surface area (Å²) in [5, 5.41) is 27.9. The predicted octanol–water partition coefficient (Wildman–Crippen LogP) is 1.43. The standard InChI is InChI=1S/C14H26N2O.2C2H4O2/c1-3-12(2)5-4-6-16-8-13-7-15-9-14(13,10-16)11-17;2*1-2(3)4/h5,13,15,17H,3-4,6-11H2,1-2H3;2*1H3,(H,3,4). The molecule has 0 amide bonds. The average Bonchev–Trinajstić information content (AvgIpc) is 3.02. The van der Waals surface area contributed by atoms with Gasteiger partial charge in [0.25, 0.3) is 11.9 Å². The Morgan fingerprint density at radius 1 is 1.24 bits per heavy atom. The van der Waals surface area contributed by atoms with E-state index < -0.39 is 11.9 Å². The molecule has 0 aromatic carbocycles. The van der Waals surface area contributed by atoms with Crippen LogP contribution in [0.5, 0.6) is 0 Å². The number of hydrogen-bond acceptors (Lipinski definition) is 5. The molecule has 0 radical (unpaired) electrons. The van der Waals surface area contributed by atoms with Crippen molar-refractivity contribution in [3.63, 3.8) is 0 Å². The maximum Gasteiger partial charge on any atom is 0.300 e. The Morgan fingerprint density at radius 3 is 2.24 bits per heavy atom. The Hall–Kier alpha value is -1.44. The van der Waals surface area contributed by atoms with Crippen LogP contribution in [0.15, 0.2) is 11.6 Å². The summed E-state index contributed by atoms with van der Waals surface area (Å²) in [7, 11) is 0. The zero-order valence-corrected chi connectivity index (χ0v) is 15.9. The minimum absolute atomic E-state index is 0.156. The second-order valence-corrected chi connectivity index (χ2v) is 6.81. The number of aliphatic hydroxyl groups excluding tert-OH is 1. The first-order valence-corrected chi connectivity index (χ1v) is 8.75. The Balaban J connectivity index is 0.000000609. The number of carbonyl (C=O) groups is 2. The Kier molecular flexibility index (Phi) is 11.3. The number of nitrogens with one attached hydrogen (secondary N) is 1. The molecule has 7 heteroatoms. The molecule has 146 valence electrons. The van der Waals surface area contributed by atoms with Crippen LogP contribution >= 0.6 is 0 Å². The van der Waals surface area contributed by atoms with E-state index in [0.717, 1.165) is 59.4 Å². The van der Waals surface area contributed by atoms with Gasteiger partial charge in [0, 0.05) is 45.4 Å². The molecular weight excluding hydrogens is 324 g/mol. The Bertz CT molecular complexity index is 433. The van der Waals surface area contributed by atoms with Crippen LogP contribution in [0.1, 0.15) is 40.5 Å². The molecule has 2 rings (SSSR count). The second kappa shape index (κ2) is 12.0. The van der Waals surface area contributed by atoms with Crippen LogP contribution in [-0.2, 0) is 9.59 Å². The lowest BCUT2D eigenvalue weighted by atomic mass is 9.82. The lowest BCUT2D eigenvalue weighted by Gasteiger charge is -2.25. The molecule has 2 unspecified atom stereocenters. The fourth-order valence-electron chi connectivity index (χ4n) is 3.16. The SMILES string of the molecule is CC(=O)O.CC(=O)O.CCC(C)=CCCN1CC2CNCC2(CO)C1. The molecule has 0 aromatic heterocycles. The first kappa shape index (κ1) is 23.6. The molecule has 7 nitrogen and oxygen atoms in total. The molecule has 4 N–H and O–H groups in total. The highest BCUT2D eigenvalue weighted by atomic mass is 16.4. The quantitative estimate of drug-likeness (QED) is 0.550. The Morgan fingerprint density at radius 2 is 1.80 bits per heavy atom. The largest absolute Gasteiger partial charge is 0.481 e. The van der Waals surface area contributed by atoms with Gasteiger partial charge in [-0.2, -0.15) is 0 Å². The van der Waals surface area contributed by atoms with Gasteiger partial charge < -0.3 is 25.5 Å². The Labute approximate surface area is 150 Å².